The molecule has 1 heterocycles. The minimum atomic E-state index is 0.106. The van der Waals surface area contributed by atoms with Gasteiger partial charge in [-0.3, -0.25) is 0 Å². The van der Waals surface area contributed by atoms with Gasteiger partial charge in [-0.05, 0) is 34.2 Å². The highest BCUT2D eigenvalue weighted by Crippen LogP contribution is 2.32. The average Bonchev–Trinajstić information content (AvgIpc) is 2.08. The van der Waals surface area contributed by atoms with Crippen LogP contribution in [0.2, 0.25) is 5.02 Å². The van der Waals surface area contributed by atoms with E-state index in [1.54, 1.807) is 6.07 Å². The number of pyridine rings is 1. The third kappa shape index (κ3) is 2.70. The van der Waals surface area contributed by atoms with Gasteiger partial charge in [-0.2, -0.15) is 0 Å². The van der Waals surface area contributed by atoms with Crippen LogP contribution < -0.4 is 15.8 Å². The van der Waals surface area contributed by atoms with E-state index in [0.29, 0.717) is 21.2 Å². The predicted molar refractivity (Wildman–Crippen MR) is 63.9 cm³/mol. The molecule has 0 aliphatic rings. The highest BCUT2D eigenvalue weighted by Gasteiger charge is 2.11. The topological polar surface area (TPSA) is 60.2 Å². The van der Waals surface area contributed by atoms with Crippen molar-refractivity contribution < 1.29 is 4.74 Å². The number of anilines is 1. The molecule has 4 nitrogen and oxygen atoms in total. The summed E-state index contributed by atoms with van der Waals surface area (Å²) in [4.78, 5) is 4.04. The van der Waals surface area contributed by atoms with Crippen LogP contribution in [-0.4, -0.2) is 17.2 Å². The van der Waals surface area contributed by atoms with E-state index < -0.39 is 0 Å². The van der Waals surface area contributed by atoms with E-state index in [-0.39, 0.29) is 5.11 Å². The second-order valence-corrected chi connectivity index (χ2v) is 3.96. The van der Waals surface area contributed by atoms with Crippen molar-refractivity contribution in [3.8, 4) is 5.88 Å². The van der Waals surface area contributed by atoms with E-state index in [9.17, 15) is 0 Å². The predicted octanol–water partition coefficient (Wildman–Crippen LogP) is 2.16. The molecule has 0 atom stereocenters. The SMILES string of the molecule is COc1nc(Br)cc(Cl)c1NC(N)=S. The minimum Gasteiger partial charge on any atom is -0.479 e. The fourth-order valence-corrected chi connectivity index (χ4v) is 1.70. The zero-order valence-electron chi connectivity index (χ0n) is 7.17. The summed E-state index contributed by atoms with van der Waals surface area (Å²) in [5.41, 5.74) is 5.78. The van der Waals surface area contributed by atoms with Crippen LogP contribution in [0.25, 0.3) is 0 Å². The second-order valence-electron chi connectivity index (χ2n) is 2.30. The number of hydrogen-bond donors (Lipinski definition) is 2. The second kappa shape index (κ2) is 4.77. The van der Waals surface area contributed by atoms with Gasteiger partial charge < -0.3 is 15.8 Å². The van der Waals surface area contributed by atoms with Gasteiger partial charge in [0.15, 0.2) is 5.11 Å². The first-order valence-electron chi connectivity index (χ1n) is 3.51. The van der Waals surface area contributed by atoms with Crippen LogP contribution in [0.3, 0.4) is 0 Å². The van der Waals surface area contributed by atoms with Gasteiger partial charge in [0.05, 0.1) is 12.1 Å². The van der Waals surface area contributed by atoms with Gasteiger partial charge in [-0.1, -0.05) is 11.6 Å². The first-order valence-corrected chi connectivity index (χ1v) is 5.09. The Balaban J connectivity index is 3.18. The summed E-state index contributed by atoms with van der Waals surface area (Å²) in [6, 6.07) is 1.62. The number of thiocarbonyl (C=S) groups is 1. The van der Waals surface area contributed by atoms with Gasteiger partial charge in [-0.15, -0.1) is 0 Å². The summed E-state index contributed by atoms with van der Waals surface area (Å²) in [6.45, 7) is 0. The molecule has 3 N–H and O–H groups in total. The highest BCUT2D eigenvalue weighted by molar-refractivity contribution is 9.10. The van der Waals surface area contributed by atoms with E-state index in [4.69, 9.17) is 34.3 Å². The van der Waals surface area contributed by atoms with Gasteiger partial charge in [0.1, 0.15) is 10.3 Å². The Morgan fingerprint density at radius 1 is 1.79 bits per heavy atom. The number of aromatic nitrogens is 1. The molecule has 76 valence electrons. The van der Waals surface area contributed by atoms with Crippen molar-refractivity contribution in [3.63, 3.8) is 0 Å². The number of nitrogens with zero attached hydrogens (tertiary/aromatic N) is 1. The number of nitrogens with two attached hydrogens (primary N) is 1. The summed E-state index contributed by atoms with van der Waals surface area (Å²) < 4.78 is 5.58. The van der Waals surface area contributed by atoms with Crippen molar-refractivity contribution in [3.05, 3.63) is 15.7 Å². The number of ether oxygens (including phenoxy) is 1. The number of hydrogen-bond acceptors (Lipinski definition) is 3. The minimum absolute atomic E-state index is 0.106. The lowest BCUT2D eigenvalue weighted by molar-refractivity contribution is 0.399. The van der Waals surface area contributed by atoms with E-state index in [0.717, 1.165) is 0 Å². The van der Waals surface area contributed by atoms with Crippen molar-refractivity contribution in [1.82, 2.24) is 4.98 Å². The Labute approximate surface area is 99.9 Å². The zero-order valence-corrected chi connectivity index (χ0v) is 10.3. The lowest BCUT2D eigenvalue weighted by Crippen LogP contribution is -2.19. The molecule has 0 fully saturated rings. The van der Waals surface area contributed by atoms with Crippen LogP contribution in [0, 0.1) is 0 Å². The Hall–Kier alpha value is -0.590. The van der Waals surface area contributed by atoms with Crippen molar-refractivity contribution in [2.75, 3.05) is 12.4 Å². The van der Waals surface area contributed by atoms with Gasteiger partial charge in [-0.25, -0.2) is 4.98 Å². The maximum Gasteiger partial charge on any atom is 0.240 e. The van der Waals surface area contributed by atoms with Crippen LogP contribution in [0.4, 0.5) is 5.69 Å². The van der Waals surface area contributed by atoms with Crippen LogP contribution in [0.15, 0.2) is 10.7 Å². The molecule has 0 aromatic carbocycles. The Morgan fingerprint density at radius 3 is 2.93 bits per heavy atom. The molecular weight excluding hydrogens is 290 g/mol. The zero-order chi connectivity index (χ0) is 10.7. The van der Waals surface area contributed by atoms with E-state index in [2.05, 4.69) is 26.2 Å². The van der Waals surface area contributed by atoms with Gasteiger partial charge in [0, 0.05) is 0 Å². The average molecular weight is 297 g/mol. The molecule has 0 saturated carbocycles. The first kappa shape index (κ1) is 11.5. The summed E-state index contributed by atoms with van der Waals surface area (Å²) in [5.74, 6) is 0.331. The molecule has 14 heavy (non-hydrogen) atoms. The maximum absolute atomic E-state index is 5.93. The largest absolute Gasteiger partial charge is 0.479 e. The fraction of sp³-hybridized carbons (Fsp3) is 0.143. The molecule has 0 spiro atoms. The lowest BCUT2D eigenvalue weighted by atomic mass is 10.4. The molecule has 0 aliphatic carbocycles. The number of methoxy groups -OCH3 is 1. The highest BCUT2D eigenvalue weighted by atomic mass is 79.9. The van der Waals surface area contributed by atoms with Gasteiger partial charge in [0.25, 0.3) is 0 Å². The van der Waals surface area contributed by atoms with Crippen molar-refractivity contribution in [1.29, 1.82) is 0 Å². The summed E-state index contributed by atoms with van der Waals surface area (Å²) in [7, 11) is 1.48. The summed E-state index contributed by atoms with van der Waals surface area (Å²) >= 11 is 13.8. The maximum atomic E-state index is 5.93. The van der Waals surface area contributed by atoms with Crippen LogP contribution in [0.5, 0.6) is 5.88 Å². The van der Waals surface area contributed by atoms with Crippen LogP contribution in [0.1, 0.15) is 0 Å². The van der Waals surface area contributed by atoms with Crippen molar-refractivity contribution in [2.45, 2.75) is 0 Å². The molecule has 0 radical (unpaired) electrons. The third-order valence-corrected chi connectivity index (χ3v) is 2.15. The van der Waals surface area contributed by atoms with E-state index >= 15 is 0 Å². The van der Waals surface area contributed by atoms with Crippen LogP contribution in [-0.2, 0) is 0 Å². The first-order chi connectivity index (χ1) is 6.54. The smallest absolute Gasteiger partial charge is 0.240 e. The molecular formula is C7H7BrClN3OS. The molecule has 0 bridgehead atoms. The number of nitrogens with one attached hydrogen (secondary N) is 1. The molecule has 1 rings (SSSR count). The Bertz CT molecular complexity index is 374. The molecule has 0 unspecified atom stereocenters. The Morgan fingerprint density at radius 2 is 2.43 bits per heavy atom. The molecule has 0 saturated heterocycles. The Kier molecular flexibility index (Phi) is 3.91. The van der Waals surface area contributed by atoms with E-state index in [1.165, 1.54) is 7.11 Å². The lowest BCUT2D eigenvalue weighted by Gasteiger charge is -2.10. The molecule has 1 aromatic rings. The van der Waals surface area contributed by atoms with Gasteiger partial charge >= 0.3 is 0 Å². The number of halogens is 2. The van der Waals surface area contributed by atoms with Crippen LogP contribution >= 0.6 is 39.7 Å². The molecule has 0 amide bonds. The fourth-order valence-electron chi connectivity index (χ4n) is 0.848. The third-order valence-electron chi connectivity index (χ3n) is 1.35. The molecule has 7 heteroatoms. The standard InChI is InChI=1S/C7H7BrClN3OS/c1-13-6-5(12-7(10)14)3(9)2-4(8)11-6/h2H,1H3,(H3,10,12,14). The monoisotopic (exact) mass is 295 g/mol. The number of rotatable bonds is 2. The summed E-state index contributed by atoms with van der Waals surface area (Å²) in [5, 5.41) is 3.22. The quantitative estimate of drug-likeness (QED) is 0.647. The van der Waals surface area contributed by atoms with Gasteiger partial charge in [0.2, 0.25) is 5.88 Å². The normalized spacial score (nSPS) is 9.64. The molecule has 0 aliphatic heterocycles. The molecule has 1 aromatic heterocycles. The van der Waals surface area contributed by atoms with Crippen molar-refractivity contribution in [2.24, 2.45) is 5.73 Å². The van der Waals surface area contributed by atoms with Crippen molar-refractivity contribution >= 4 is 50.5 Å². The van der Waals surface area contributed by atoms with E-state index in [1.807, 2.05) is 0 Å². The summed E-state index contributed by atoms with van der Waals surface area (Å²) in [6.07, 6.45) is 0.